The van der Waals surface area contributed by atoms with E-state index in [0.717, 1.165) is 37.6 Å². The minimum Gasteiger partial charge on any atom is -0.490 e. The van der Waals surface area contributed by atoms with Gasteiger partial charge in [0.25, 0.3) is 0 Å². The van der Waals surface area contributed by atoms with Crippen molar-refractivity contribution in [1.82, 2.24) is 0 Å². The summed E-state index contributed by atoms with van der Waals surface area (Å²) in [5.41, 5.74) is 2.49. The Bertz CT molecular complexity index is 696. The molecular formula is C26H38O4. The third kappa shape index (κ3) is 10.7. The zero-order valence-electron chi connectivity index (χ0n) is 19.1. The summed E-state index contributed by atoms with van der Waals surface area (Å²) in [7, 11) is 0. The van der Waals surface area contributed by atoms with E-state index in [1.165, 1.54) is 11.1 Å². The van der Waals surface area contributed by atoms with Crippen molar-refractivity contribution in [3.8, 4) is 11.5 Å². The van der Waals surface area contributed by atoms with Crippen molar-refractivity contribution in [3.63, 3.8) is 0 Å². The van der Waals surface area contributed by atoms with Gasteiger partial charge in [-0.05, 0) is 61.4 Å². The van der Waals surface area contributed by atoms with Crippen LogP contribution in [0.15, 0.2) is 48.5 Å². The van der Waals surface area contributed by atoms with E-state index < -0.39 is 0 Å². The molecule has 0 saturated heterocycles. The van der Waals surface area contributed by atoms with Crippen LogP contribution in [0, 0.1) is 18.8 Å². The molecular weight excluding hydrogens is 376 g/mol. The Balaban J connectivity index is 1.60. The lowest BCUT2D eigenvalue weighted by Crippen LogP contribution is -2.13. The molecule has 0 spiro atoms. The van der Waals surface area contributed by atoms with Crippen LogP contribution in [0.1, 0.15) is 38.3 Å². The molecule has 2 rings (SSSR count). The van der Waals surface area contributed by atoms with Gasteiger partial charge in [-0.25, -0.2) is 0 Å². The molecule has 0 N–H and O–H groups in total. The highest BCUT2D eigenvalue weighted by Gasteiger charge is 2.06. The molecule has 0 unspecified atom stereocenters. The summed E-state index contributed by atoms with van der Waals surface area (Å²) in [6.07, 6.45) is 2.07. The number of rotatable bonds is 15. The summed E-state index contributed by atoms with van der Waals surface area (Å²) in [6, 6.07) is 16.3. The number of benzene rings is 2. The summed E-state index contributed by atoms with van der Waals surface area (Å²) in [5.74, 6) is 2.89. The fraction of sp³-hybridized carbons (Fsp3) is 0.538. The smallest absolute Gasteiger partial charge is 0.122 e. The molecule has 30 heavy (non-hydrogen) atoms. The Morgan fingerprint density at radius 3 is 2.17 bits per heavy atom. The molecule has 0 heterocycles. The van der Waals surface area contributed by atoms with E-state index in [4.69, 9.17) is 18.9 Å². The quantitative estimate of drug-likeness (QED) is 0.350. The van der Waals surface area contributed by atoms with Gasteiger partial charge in [-0.15, -0.1) is 0 Å². The summed E-state index contributed by atoms with van der Waals surface area (Å²) in [5, 5.41) is 0. The first-order valence-corrected chi connectivity index (χ1v) is 11.1. The third-order valence-corrected chi connectivity index (χ3v) is 4.74. The first kappa shape index (κ1) is 24.2. The van der Waals surface area contributed by atoms with E-state index in [1.807, 2.05) is 36.4 Å². The molecule has 0 aliphatic carbocycles. The Labute approximate surface area is 182 Å². The number of hydrogen-bond donors (Lipinski definition) is 0. The van der Waals surface area contributed by atoms with Crippen LogP contribution in [0.25, 0.3) is 0 Å². The van der Waals surface area contributed by atoms with E-state index >= 15 is 0 Å². The average Bonchev–Trinajstić information content (AvgIpc) is 2.72. The summed E-state index contributed by atoms with van der Waals surface area (Å²) in [6.45, 7) is 12.6. The van der Waals surface area contributed by atoms with Crippen molar-refractivity contribution >= 4 is 0 Å². The summed E-state index contributed by atoms with van der Waals surface area (Å²) in [4.78, 5) is 0. The van der Waals surface area contributed by atoms with Crippen LogP contribution < -0.4 is 9.47 Å². The molecule has 0 amide bonds. The fourth-order valence-corrected chi connectivity index (χ4v) is 3.00. The van der Waals surface area contributed by atoms with Crippen LogP contribution in [0.2, 0.25) is 0 Å². The predicted octanol–water partition coefficient (Wildman–Crippen LogP) is 5.71. The minimum atomic E-state index is 0.445. The maximum Gasteiger partial charge on any atom is 0.122 e. The zero-order chi connectivity index (χ0) is 21.6. The Morgan fingerprint density at radius 1 is 0.733 bits per heavy atom. The Hall–Kier alpha value is -2.04. The molecule has 0 aliphatic rings. The van der Waals surface area contributed by atoms with Gasteiger partial charge in [0.2, 0.25) is 0 Å². The zero-order valence-corrected chi connectivity index (χ0v) is 19.1. The van der Waals surface area contributed by atoms with Crippen molar-refractivity contribution in [2.45, 2.75) is 40.5 Å². The second-order valence-corrected chi connectivity index (χ2v) is 8.34. The summed E-state index contributed by atoms with van der Waals surface area (Å²) < 4.78 is 22.9. The number of hydrogen-bond acceptors (Lipinski definition) is 4. The molecule has 0 radical (unpaired) electrons. The van der Waals surface area contributed by atoms with Crippen LogP contribution in [0.3, 0.4) is 0 Å². The Morgan fingerprint density at radius 2 is 1.43 bits per heavy atom. The topological polar surface area (TPSA) is 36.9 Å². The lowest BCUT2D eigenvalue weighted by molar-refractivity contribution is 0.0326. The van der Waals surface area contributed by atoms with Gasteiger partial charge in [0, 0.05) is 13.2 Å². The molecule has 2 aromatic rings. The largest absolute Gasteiger partial charge is 0.490 e. The Kier molecular flexibility index (Phi) is 11.3. The average molecular weight is 415 g/mol. The third-order valence-electron chi connectivity index (χ3n) is 4.74. The van der Waals surface area contributed by atoms with Gasteiger partial charge < -0.3 is 18.9 Å². The molecule has 0 fully saturated rings. The van der Waals surface area contributed by atoms with Gasteiger partial charge in [0.05, 0.1) is 13.2 Å². The van der Waals surface area contributed by atoms with E-state index in [1.54, 1.807) is 0 Å². The molecule has 0 aliphatic heterocycles. The first-order valence-electron chi connectivity index (χ1n) is 11.1. The van der Waals surface area contributed by atoms with Crippen molar-refractivity contribution in [2.24, 2.45) is 11.8 Å². The molecule has 0 saturated carbocycles. The minimum absolute atomic E-state index is 0.445. The van der Waals surface area contributed by atoms with Crippen molar-refractivity contribution in [1.29, 1.82) is 0 Å². The monoisotopic (exact) mass is 414 g/mol. The van der Waals surface area contributed by atoms with Crippen LogP contribution in [0.4, 0.5) is 0 Å². The predicted molar refractivity (Wildman–Crippen MR) is 123 cm³/mol. The highest BCUT2D eigenvalue weighted by molar-refractivity contribution is 5.29. The highest BCUT2D eigenvalue weighted by atomic mass is 16.5. The number of aryl methyl sites for hydroxylation is 1. The van der Waals surface area contributed by atoms with E-state index in [0.29, 0.717) is 38.3 Å². The number of ether oxygens (including phenoxy) is 4. The molecule has 1 atom stereocenters. The molecule has 0 aromatic heterocycles. The van der Waals surface area contributed by atoms with Gasteiger partial charge >= 0.3 is 0 Å². The molecule has 166 valence electrons. The van der Waals surface area contributed by atoms with Gasteiger partial charge in [-0.3, -0.25) is 0 Å². The normalized spacial score (nSPS) is 12.2. The lowest BCUT2D eigenvalue weighted by Gasteiger charge is -2.14. The molecule has 2 aromatic carbocycles. The van der Waals surface area contributed by atoms with Gasteiger partial charge in [0.1, 0.15) is 24.7 Å². The standard InChI is InChI=1S/C26H38O4/c1-21(2)12-13-27-14-15-28-20-23(4)18-24-6-5-7-26(19-24)30-17-16-29-25-10-8-22(3)9-11-25/h5-11,19,21,23H,12-18,20H2,1-4H3/t23-/m0/s1. The summed E-state index contributed by atoms with van der Waals surface area (Å²) >= 11 is 0. The van der Waals surface area contributed by atoms with Crippen LogP contribution in [-0.2, 0) is 15.9 Å². The van der Waals surface area contributed by atoms with E-state index in [9.17, 15) is 0 Å². The highest BCUT2D eigenvalue weighted by Crippen LogP contribution is 2.17. The maximum atomic E-state index is 5.85. The first-order chi connectivity index (χ1) is 14.5. The maximum absolute atomic E-state index is 5.85. The van der Waals surface area contributed by atoms with Crippen molar-refractivity contribution in [3.05, 3.63) is 59.7 Å². The van der Waals surface area contributed by atoms with Crippen molar-refractivity contribution < 1.29 is 18.9 Å². The molecule has 0 bridgehead atoms. The molecule has 4 heteroatoms. The second kappa shape index (κ2) is 14.1. The van der Waals surface area contributed by atoms with Crippen molar-refractivity contribution in [2.75, 3.05) is 39.6 Å². The van der Waals surface area contributed by atoms with Gasteiger partial charge in [-0.1, -0.05) is 50.6 Å². The van der Waals surface area contributed by atoms with Crippen LogP contribution in [-0.4, -0.2) is 39.6 Å². The molecule has 4 nitrogen and oxygen atoms in total. The second-order valence-electron chi connectivity index (χ2n) is 8.34. The van der Waals surface area contributed by atoms with Crippen LogP contribution in [0.5, 0.6) is 11.5 Å². The lowest BCUT2D eigenvalue weighted by atomic mass is 10.0. The van der Waals surface area contributed by atoms with E-state index in [2.05, 4.69) is 39.8 Å². The fourth-order valence-electron chi connectivity index (χ4n) is 3.00. The van der Waals surface area contributed by atoms with Gasteiger partial charge in [0.15, 0.2) is 0 Å². The SMILES string of the molecule is Cc1ccc(OCCOc2cccc(C[C@H](C)COCCOCCC(C)C)c2)cc1. The van der Waals surface area contributed by atoms with E-state index in [-0.39, 0.29) is 0 Å². The van der Waals surface area contributed by atoms with Gasteiger partial charge in [-0.2, -0.15) is 0 Å². The van der Waals surface area contributed by atoms with Crippen LogP contribution >= 0.6 is 0 Å².